The predicted molar refractivity (Wildman–Crippen MR) is 38.3 cm³/mol. The van der Waals surface area contributed by atoms with Crippen LogP contribution in [0.3, 0.4) is 0 Å². The third-order valence-electron chi connectivity index (χ3n) is 1.45. The molecule has 0 aliphatic rings. The largest absolute Gasteiger partial charge is 0.278 e. The van der Waals surface area contributed by atoms with Crippen molar-refractivity contribution >= 4 is 5.78 Å². The second-order valence-corrected chi connectivity index (χ2v) is 2.14. The van der Waals surface area contributed by atoms with Gasteiger partial charge >= 0.3 is 0 Å². The molecular weight excluding hydrogens is 158 g/mol. The molecule has 1 N–H and O–H groups in total. The molecule has 2 aromatic rings. The normalized spacial score (nSPS) is 9.92. The topological polar surface area (TPSA) is 86.8 Å². The Labute approximate surface area is 66.1 Å². The van der Waals surface area contributed by atoms with Crippen molar-refractivity contribution in [2.24, 2.45) is 0 Å². The van der Waals surface area contributed by atoms with Crippen LogP contribution in [-0.2, 0) is 0 Å². The third-order valence-corrected chi connectivity index (χ3v) is 1.45. The maximum Gasteiger partial charge on any atom is 0.278 e. The Kier molecular flexibility index (Phi) is 1.18. The molecular formula is C6H3N5O. The van der Waals surface area contributed by atoms with Crippen molar-refractivity contribution in [3.63, 3.8) is 0 Å². The highest BCUT2D eigenvalue weighted by Crippen LogP contribution is 1.89. The highest BCUT2D eigenvalue weighted by atomic mass is 16.1. The quantitative estimate of drug-likeness (QED) is 0.552. The van der Waals surface area contributed by atoms with Crippen LogP contribution in [0.5, 0.6) is 0 Å². The number of nitrogens with zero attached hydrogens (tertiary/aromatic N) is 4. The van der Waals surface area contributed by atoms with Gasteiger partial charge in [-0.3, -0.25) is 4.79 Å². The monoisotopic (exact) mass is 161 g/mol. The fourth-order valence-corrected chi connectivity index (χ4v) is 0.880. The second-order valence-electron chi connectivity index (χ2n) is 2.14. The van der Waals surface area contributed by atoms with E-state index in [0.29, 0.717) is 5.78 Å². The Morgan fingerprint density at radius 3 is 3.25 bits per heavy atom. The molecule has 0 aromatic carbocycles. The first-order valence-corrected chi connectivity index (χ1v) is 3.14. The highest BCUT2D eigenvalue weighted by molar-refractivity contribution is 5.31. The number of nitrogens with one attached hydrogen (secondary N) is 1. The summed E-state index contributed by atoms with van der Waals surface area (Å²) in [6.07, 6.45) is 2.50. The molecule has 0 spiro atoms. The van der Waals surface area contributed by atoms with Crippen LogP contribution in [-0.4, -0.2) is 19.6 Å². The van der Waals surface area contributed by atoms with Gasteiger partial charge in [0.25, 0.3) is 5.56 Å². The van der Waals surface area contributed by atoms with E-state index in [1.165, 1.54) is 16.9 Å². The van der Waals surface area contributed by atoms with Gasteiger partial charge in [-0.05, 0) is 0 Å². The van der Waals surface area contributed by atoms with Gasteiger partial charge in [0.1, 0.15) is 18.0 Å². The number of hydrogen-bond donors (Lipinski definition) is 1. The lowest BCUT2D eigenvalue weighted by atomic mass is 10.4. The first-order chi connectivity index (χ1) is 5.83. The highest BCUT2D eigenvalue weighted by Gasteiger charge is 2.03. The van der Waals surface area contributed by atoms with Crippen LogP contribution in [0.25, 0.3) is 5.78 Å². The summed E-state index contributed by atoms with van der Waals surface area (Å²) in [7, 11) is 0. The molecule has 0 saturated carbocycles. The van der Waals surface area contributed by atoms with Crippen LogP contribution in [0.4, 0.5) is 0 Å². The first-order valence-electron chi connectivity index (χ1n) is 3.14. The van der Waals surface area contributed by atoms with Crippen molar-refractivity contribution in [3.05, 3.63) is 28.4 Å². The van der Waals surface area contributed by atoms with Crippen LogP contribution >= 0.6 is 0 Å². The zero-order valence-electron chi connectivity index (χ0n) is 5.85. The molecule has 58 valence electrons. The lowest BCUT2D eigenvalue weighted by Crippen LogP contribution is -2.15. The van der Waals surface area contributed by atoms with Crippen LogP contribution in [0.15, 0.2) is 17.3 Å². The van der Waals surface area contributed by atoms with Crippen molar-refractivity contribution in [2.75, 3.05) is 0 Å². The molecule has 0 fully saturated rings. The van der Waals surface area contributed by atoms with E-state index in [1.807, 2.05) is 0 Å². The van der Waals surface area contributed by atoms with Crippen LogP contribution in [0.2, 0.25) is 0 Å². The minimum absolute atomic E-state index is 0.00824. The van der Waals surface area contributed by atoms with E-state index in [-0.39, 0.29) is 5.56 Å². The van der Waals surface area contributed by atoms with Gasteiger partial charge in [0.15, 0.2) is 0 Å². The van der Waals surface area contributed by atoms with Gasteiger partial charge in [0.05, 0.1) is 6.20 Å². The fourth-order valence-electron chi connectivity index (χ4n) is 0.880. The van der Waals surface area contributed by atoms with Crippen molar-refractivity contribution in [2.45, 2.75) is 0 Å². The molecule has 0 aliphatic heterocycles. The summed E-state index contributed by atoms with van der Waals surface area (Å²) >= 11 is 0. The molecule has 6 heteroatoms. The van der Waals surface area contributed by atoms with E-state index in [0.717, 1.165) is 0 Å². The number of nitriles is 1. The summed E-state index contributed by atoms with van der Waals surface area (Å²) in [5, 5.41) is 14.6. The Bertz CT molecular complexity index is 516. The van der Waals surface area contributed by atoms with Crippen molar-refractivity contribution in [1.29, 1.82) is 5.26 Å². The van der Waals surface area contributed by atoms with Crippen LogP contribution in [0, 0.1) is 11.3 Å². The average Bonchev–Trinajstić information content (AvgIpc) is 2.53. The van der Waals surface area contributed by atoms with Gasteiger partial charge in [-0.15, -0.1) is 0 Å². The second kappa shape index (κ2) is 2.17. The molecule has 6 nitrogen and oxygen atoms in total. The average molecular weight is 161 g/mol. The fraction of sp³-hybridized carbons (Fsp3) is 0. The van der Waals surface area contributed by atoms with Gasteiger partial charge in [-0.25, -0.2) is 14.5 Å². The standard InChI is InChI=1S/C6H3N5O/c7-1-4-2-8-6-10-9-3-11(6)5(4)12/h2-3H,(H,8,10). The summed E-state index contributed by atoms with van der Waals surface area (Å²) in [5.41, 5.74) is -0.398. The van der Waals surface area contributed by atoms with Gasteiger partial charge in [0, 0.05) is 0 Å². The SMILES string of the molecule is N#Cc1cnc2[nH]ncn2c1=O. The molecule has 12 heavy (non-hydrogen) atoms. The Hall–Kier alpha value is -2.16. The Balaban J connectivity index is 3.00. The number of fused-ring (bicyclic) bond motifs is 1. The van der Waals surface area contributed by atoms with Crippen LogP contribution in [0.1, 0.15) is 5.56 Å². The molecule has 0 atom stereocenters. The molecule has 0 unspecified atom stereocenters. The molecule has 0 saturated heterocycles. The van der Waals surface area contributed by atoms with Crippen LogP contribution < -0.4 is 5.56 Å². The van der Waals surface area contributed by atoms with E-state index >= 15 is 0 Å². The molecule has 0 bridgehead atoms. The maximum atomic E-state index is 11.3. The van der Waals surface area contributed by atoms with Gasteiger partial charge in [-0.1, -0.05) is 0 Å². The zero-order chi connectivity index (χ0) is 8.55. The predicted octanol–water partition coefficient (Wildman–Crippen LogP) is -0.711. The van der Waals surface area contributed by atoms with E-state index in [9.17, 15) is 4.79 Å². The first kappa shape index (κ1) is 6.54. The summed E-state index contributed by atoms with van der Waals surface area (Å²) in [4.78, 5) is 15.1. The minimum atomic E-state index is -0.406. The van der Waals surface area contributed by atoms with E-state index in [2.05, 4.69) is 15.2 Å². The van der Waals surface area contributed by atoms with Gasteiger partial charge < -0.3 is 0 Å². The molecule has 2 aromatic heterocycles. The molecule has 0 radical (unpaired) electrons. The number of aromatic nitrogens is 4. The smallest absolute Gasteiger partial charge is 0.267 e. The molecule has 2 heterocycles. The van der Waals surface area contributed by atoms with E-state index in [4.69, 9.17) is 5.26 Å². The molecule has 0 amide bonds. The van der Waals surface area contributed by atoms with Crippen molar-refractivity contribution in [3.8, 4) is 6.07 Å². The minimum Gasteiger partial charge on any atom is -0.267 e. The zero-order valence-corrected chi connectivity index (χ0v) is 5.85. The van der Waals surface area contributed by atoms with E-state index < -0.39 is 5.56 Å². The number of hydrogen-bond acceptors (Lipinski definition) is 4. The Morgan fingerprint density at radius 2 is 2.50 bits per heavy atom. The summed E-state index contributed by atoms with van der Waals surface area (Å²) in [6.45, 7) is 0. The van der Waals surface area contributed by atoms with Gasteiger partial charge in [-0.2, -0.15) is 10.4 Å². The lowest BCUT2D eigenvalue weighted by Gasteiger charge is -1.88. The van der Waals surface area contributed by atoms with E-state index in [1.54, 1.807) is 6.07 Å². The number of H-pyrrole nitrogens is 1. The third kappa shape index (κ3) is 0.703. The van der Waals surface area contributed by atoms with Crippen molar-refractivity contribution in [1.82, 2.24) is 19.6 Å². The summed E-state index contributed by atoms with van der Waals surface area (Å²) in [5.74, 6) is 0.332. The lowest BCUT2D eigenvalue weighted by molar-refractivity contribution is 1.04. The summed E-state index contributed by atoms with van der Waals surface area (Å²) < 4.78 is 1.18. The number of aromatic amines is 1. The molecule has 0 aliphatic carbocycles. The Morgan fingerprint density at radius 1 is 1.67 bits per heavy atom. The van der Waals surface area contributed by atoms with Gasteiger partial charge in [0.2, 0.25) is 5.78 Å². The number of rotatable bonds is 0. The maximum absolute atomic E-state index is 11.3. The van der Waals surface area contributed by atoms with Crippen molar-refractivity contribution < 1.29 is 0 Å². The summed E-state index contributed by atoms with van der Waals surface area (Å²) in [6, 6.07) is 1.74. The molecule has 2 rings (SSSR count).